The van der Waals surface area contributed by atoms with Gasteiger partial charge in [0, 0.05) is 7.05 Å². The summed E-state index contributed by atoms with van der Waals surface area (Å²) in [6.07, 6.45) is 3.93. The monoisotopic (exact) mass is 159 g/mol. The van der Waals surface area contributed by atoms with Crippen molar-refractivity contribution in [2.24, 2.45) is 0 Å². The van der Waals surface area contributed by atoms with Gasteiger partial charge in [0.05, 0.1) is 0 Å². The second-order valence-electron chi connectivity index (χ2n) is 1.89. The molecule has 0 saturated heterocycles. The Morgan fingerprint density at radius 1 is 1.70 bits per heavy atom. The predicted octanol–water partition coefficient (Wildman–Crippen LogP) is 1.47. The van der Waals surface area contributed by atoms with Crippen LogP contribution in [-0.4, -0.2) is 18.3 Å². The molecule has 0 aromatic heterocycles. The van der Waals surface area contributed by atoms with E-state index in [9.17, 15) is 0 Å². The van der Waals surface area contributed by atoms with Gasteiger partial charge in [-0.1, -0.05) is 6.08 Å². The summed E-state index contributed by atoms with van der Waals surface area (Å²) >= 11 is 4.78. The van der Waals surface area contributed by atoms with Crippen LogP contribution in [0.25, 0.3) is 0 Å². The summed E-state index contributed by atoms with van der Waals surface area (Å²) in [5.74, 6) is 0. The highest BCUT2D eigenvalue weighted by molar-refractivity contribution is 7.80. The van der Waals surface area contributed by atoms with Gasteiger partial charge in [-0.3, -0.25) is 0 Å². The third-order valence-corrected chi connectivity index (χ3v) is 1.26. The van der Waals surface area contributed by atoms with E-state index in [2.05, 4.69) is 5.32 Å². The fourth-order valence-electron chi connectivity index (χ4n) is 0.538. The topological polar surface area (TPSA) is 21.3 Å². The van der Waals surface area contributed by atoms with Crippen LogP contribution in [0.2, 0.25) is 0 Å². The number of thiocarbonyl (C=S) groups is 1. The Balaban J connectivity index is 3.57. The van der Waals surface area contributed by atoms with Gasteiger partial charge < -0.3 is 10.1 Å². The van der Waals surface area contributed by atoms with Crippen molar-refractivity contribution in [2.75, 3.05) is 7.05 Å². The Kier molecular flexibility index (Phi) is 4.94. The first-order valence-electron chi connectivity index (χ1n) is 3.22. The molecule has 0 spiro atoms. The summed E-state index contributed by atoms with van der Waals surface area (Å²) in [5, 5.41) is 3.17. The summed E-state index contributed by atoms with van der Waals surface area (Å²) in [7, 11) is 1.74. The molecule has 0 aliphatic rings. The van der Waals surface area contributed by atoms with Crippen LogP contribution in [0.3, 0.4) is 0 Å². The molecule has 0 aromatic rings. The number of hydrogen-bond donors (Lipinski definition) is 1. The predicted molar refractivity (Wildman–Crippen MR) is 47.0 cm³/mol. The van der Waals surface area contributed by atoms with Gasteiger partial charge in [0.25, 0.3) is 5.17 Å². The summed E-state index contributed by atoms with van der Waals surface area (Å²) in [4.78, 5) is 0. The average Bonchev–Trinajstić information content (AvgIpc) is 1.88. The molecule has 2 nitrogen and oxygen atoms in total. The molecule has 0 unspecified atom stereocenters. The Bertz CT molecular complexity index is 134. The Morgan fingerprint density at radius 2 is 2.30 bits per heavy atom. The summed E-state index contributed by atoms with van der Waals surface area (Å²) in [6.45, 7) is 3.88. The Labute approximate surface area is 67.3 Å². The van der Waals surface area contributed by atoms with E-state index in [1.165, 1.54) is 0 Å². The van der Waals surface area contributed by atoms with Crippen molar-refractivity contribution in [3.05, 3.63) is 12.2 Å². The van der Waals surface area contributed by atoms with Crippen molar-refractivity contribution in [1.29, 1.82) is 0 Å². The van der Waals surface area contributed by atoms with Gasteiger partial charge in [-0.25, -0.2) is 0 Å². The number of allylic oxidation sites excluding steroid dienone is 1. The second-order valence-corrected chi connectivity index (χ2v) is 2.26. The standard InChI is InChI=1S/C7H13NOS/c1-4-5-6(2)9-7(10)8-3/h4-6H,1-3H3,(H,8,10)/b5-4+/t6-/m0/s1. The second kappa shape index (κ2) is 5.23. The molecule has 1 atom stereocenters. The maximum Gasteiger partial charge on any atom is 0.256 e. The van der Waals surface area contributed by atoms with E-state index in [0.29, 0.717) is 5.17 Å². The highest BCUT2D eigenvalue weighted by Gasteiger charge is 1.97. The highest BCUT2D eigenvalue weighted by Crippen LogP contribution is 1.92. The largest absolute Gasteiger partial charge is 0.464 e. The molecule has 10 heavy (non-hydrogen) atoms. The molecule has 0 rings (SSSR count). The molecule has 0 aliphatic carbocycles. The van der Waals surface area contributed by atoms with E-state index < -0.39 is 0 Å². The van der Waals surface area contributed by atoms with Crippen molar-refractivity contribution < 1.29 is 4.74 Å². The molecule has 0 saturated carbocycles. The first-order valence-corrected chi connectivity index (χ1v) is 3.62. The third kappa shape index (κ3) is 4.32. The lowest BCUT2D eigenvalue weighted by Gasteiger charge is -2.09. The number of nitrogens with one attached hydrogen (secondary N) is 1. The zero-order valence-electron chi connectivity index (χ0n) is 6.55. The minimum Gasteiger partial charge on any atom is -0.464 e. The van der Waals surface area contributed by atoms with Crippen molar-refractivity contribution in [1.82, 2.24) is 5.32 Å². The van der Waals surface area contributed by atoms with Crippen LogP contribution in [0, 0.1) is 0 Å². The molecule has 0 amide bonds. The smallest absolute Gasteiger partial charge is 0.256 e. The van der Waals surface area contributed by atoms with Crippen molar-refractivity contribution in [3.8, 4) is 0 Å². The molecule has 3 heteroatoms. The molecule has 0 aromatic carbocycles. The zero-order chi connectivity index (χ0) is 7.98. The minimum atomic E-state index is 0.0601. The number of ether oxygens (including phenoxy) is 1. The SMILES string of the molecule is C/C=C/[C@H](C)OC(=S)NC. The molecule has 0 heterocycles. The van der Waals surface area contributed by atoms with E-state index in [0.717, 1.165) is 0 Å². The van der Waals surface area contributed by atoms with Gasteiger partial charge in [-0.15, -0.1) is 0 Å². The molecule has 0 radical (unpaired) electrons. The zero-order valence-corrected chi connectivity index (χ0v) is 7.37. The van der Waals surface area contributed by atoms with Crippen LogP contribution in [-0.2, 0) is 4.74 Å². The third-order valence-electron chi connectivity index (χ3n) is 0.961. The van der Waals surface area contributed by atoms with Crippen LogP contribution in [0.1, 0.15) is 13.8 Å². The number of rotatable bonds is 2. The first kappa shape index (κ1) is 9.43. The van der Waals surface area contributed by atoms with E-state index in [-0.39, 0.29) is 6.10 Å². The maximum absolute atomic E-state index is 5.17. The summed E-state index contributed by atoms with van der Waals surface area (Å²) in [6, 6.07) is 0. The van der Waals surface area contributed by atoms with Crippen molar-refractivity contribution >= 4 is 17.4 Å². The molecular weight excluding hydrogens is 146 g/mol. The highest BCUT2D eigenvalue weighted by atomic mass is 32.1. The van der Waals surface area contributed by atoms with Crippen molar-refractivity contribution in [2.45, 2.75) is 20.0 Å². The fraction of sp³-hybridized carbons (Fsp3) is 0.571. The normalized spacial score (nSPS) is 13.1. The van der Waals surface area contributed by atoms with E-state index in [1.807, 2.05) is 26.0 Å². The first-order chi connectivity index (χ1) is 4.70. The van der Waals surface area contributed by atoms with Crippen molar-refractivity contribution in [3.63, 3.8) is 0 Å². The summed E-state index contributed by atoms with van der Waals surface area (Å²) < 4.78 is 5.17. The van der Waals surface area contributed by atoms with Crippen LogP contribution < -0.4 is 5.32 Å². The van der Waals surface area contributed by atoms with Crippen LogP contribution in [0.15, 0.2) is 12.2 Å². The van der Waals surface area contributed by atoms with Gasteiger partial charge in [-0.05, 0) is 32.1 Å². The molecular formula is C7H13NOS. The Hall–Kier alpha value is -0.570. The van der Waals surface area contributed by atoms with Crippen LogP contribution >= 0.6 is 12.2 Å². The maximum atomic E-state index is 5.17. The van der Waals surface area contributed by atoms with E-state index >= 15 is 0 Å². The molecule has 0 bridgehead atoms. The van der Waals surface area contributed by atoms with E-state index in [1.54, 1.807) is 7.05 Å². The minimum absolute atomic E-state index is 0.0601. The van der Waals surface area contributed by atoms with Gasteiger partial charge in [-0.2, -0.15) is 0 Å². The van der Waals surface area contributed by atoms with Gasteiger partial charge in [0.2, 0.25) is 0 Å². The quantitative estimate of drug-likeness (QED) is 0.487. The lowest BCUT2D eigenvalue weighted by molar-refractivity contribution is 0.253. The molecule has 1 N–H and O–H groups in total. The average molecular weight is 159 g/mol. The van der Waals surface area contributed by atoms with Gasteiger partial charge >= 0.3 is 0 Å². The van der Waals surface area contributed by atoms with Crippen LogP contribution in [0.4, 0.5) is 0 Å². The molecule has 58 valence electrons. The molecule has 0 fully saturated rings. The lowest BCUT2D eigenvalue weighted by atomic mass is 10.4. The summed E-state index contributed by atoms with van der Waals surface area (Å²) in [5.41, 5.74) is 0. The van der Waals surface area contributed by atoms with Crippen LogP contribution in [0.5, 0.6) is 0 Å². The van der Waals surface area contributed by atoms with Gasteiger partial charge in [0.1, 0.15) is 6.10 Å². The van der Waals surface area contributed by atoms with Gasteiger partial charge in [0.15, 0.2) is 0 Å². The van der Waals surface area contributed by atoms with E-state index in [4.69, 9.17) is 17.0 Å². The fourth-order valence-corrected chi connectivity index (χ4v) is 0.690. The number of hydrogen-bond acceptors (Lipinski definition) is 2. The Morgan fingerprint density at radius 3 is 2.70 bits per heavy atom. The molecule has 0 aliphatic heterocycles. The lowest BCUT2D eigenvalue weighted by Crippen LogP contribution is -2.22.